The number of rotatable bonds is 9. The molecule has 0 radical (unpaired) electrons. The van der Waals surface area contributed by atoms with E-state index in [0.717, 1.165) is 32.3 Å². The van der Waals surface area contributed by atoms with E-state index in [-0.39, 0.29) is 11.3 Å². The number of imidazole rings is 1. The molecule has 1 amide bonds. The van der Waals surface area contributed by atoms with Crippen molar-refractivity contribution in [1.29, 1.82) is 5.26 Å². The normalized spacial score (nSPS) is 17.5. The molecule has 0 aromatic carbocycles. The molecule has 3 rings (SSSR count). The predicted molar refractivity (Wildman–Crippen MR) is 138 cm³/mol. The Morgan fingerprint density at radius 3 is 2.57 bits per heavy atom. The minimum Gasteiger partial charge on any atom is -0.344 e. The van der Waals surface area contributed by atoms with Gasteiger partial charge >= 0.3 is 0 Å². The average Bonchev–Trinajstić information content (AvgIpc) is 3.14. The Balaban J connectivity index is 1.80. The number of fused-ring (bicyclic) bond motifs is 1. The van der Waals surface area contributed by atoms with Gasteiger partial charge in [-0.25, -0.2) is 13.4 Å². The van der Waals surface area contributed by atoms with E-state index in [0.29, 0.717) is 36.4 Å². The van der Waals surface area contributed by atoms with Gasteiger partial charge in [0.15, 0.2) is 0 Å². The van der Waals surface area contributed by atoms with Gasteiger partial charge in [0.05, 0.1) is 29.7 Å². The number of nitrogens with one attached hydrogen (secondary N) is 3. The second-order valence-corrected chi connectivity index (χ2v) is 12.4. The average molecular weight is 504 g/mol. The molecule has 11 heteroatoms. The molecule has 0 bridgehead atoms. The van der Waals surface area contributed by atoms with Crippen LogP contribution in [0.25, 0.3) is 5.52 Å². The Labute approximate surface area is 208 Å². The van der Waals surface area contributed by atoms with Crippen molar-refractivity contribution < 1.29 is 13.2 Å². The van der Waals surface area contributed by atoms with Crippen LogP contribution < -0.4 is 15.4 Å². The van der Waals surface area contributed by atoms with E-state index in [1.165, 1.54) is 0 Å². The molecule has 1 atom stereocenters. The number of sulfonamides is 1. The molecule has 1 aliphatic rings. The Morgan fingerprint density at radius 2 is 2.00 bits per heavy atom. The third kappa shape index (κ3) is 7.32. The second-order valence-electron chi connectivity index (χ2n) is 10.7. The number of hydrogen-bond donors (Lipinski definition) is 3. The monoisotopic (exact) mass is 503 g/mol. The first kappa shape index (κ1) is 26.8. The van der Waals surface area contributed by atoms with Crippen LogP contribution in [-0.2, 0) is 14.8 Å². The first-order valence-corrected chi connectivity index (χ1v) is 13.9. The smallest absolute Gasteiger partial charge is 0.243 e. The third-order valence-corrected chi connectivity index (χ3v) is 6.70. The molecule has 1 saturated heterocycles. The summed E-state index contributed by atoms with van der Waals surface area (Å²) in [6.07, 6.45) is 7.20. The van der Waals surface area contributed by atoms with Crippen molar-refractivity contribution in [2.45, 2.75) is 65.0 Å². The lowest BCUT2D eigenvalue weighted by molar-refractivity contribution is -0.124. The first-order chi connectivity index (χ1) is 16.3. The molecule has 10 nitrogen and oxygen atoms in total. The number of nitriles is 1. The van der Waals surface area contributed by atoms with E-state index < -0.39 is 21.6 Å². The van der Waals surface area contributed by atoms with E-state index in [2.05, 4.69) is 59.0 Å². The molecular weight excluding hydrogens is 466 g/mol. The van der Waals surface area contributed by atoms with Crippen molar-refractivity contribution in [2.75, 3.05) is 35.9 Å². The van der Waals surface area contributed by atoms with Gasteiger partial charge < -0.3 is 15.5 Å². The number of likely N-dealkylation sites (tertiary alicyclic amines) is 1. The number of piperidine rings is 1. The summed E-state index contributed by atoms with van der Waals surface area (Å²) in [4.78, 5) is 20.2. The summed E-state index contributed by atoms with van der Waals surface area (Å²) in [7, 11) is -3.40. The maximum atomic E-state index is 13.5. The number of aromatic nitrogens is 2. The number of carbonyl (C=O) groups is 1. The number of nitrogens with zero attached hydrogens (tertiary/aromatic N) is 4. The van der Waals surface area contributed by atoms with Crippen LogP contribution in [-0.4, -0.2) is 66.1 Å². The van der Waals surface area contributed by atoms with Gasteiger partial charge in [-0.05, 0) is 49.8 Å². The Bertz CT molecular complexity index is 1190. The molecule has 192 valence electrons. The molecule has 1 aliphatic heterocycles. The van der Waals surface area contributed by atoms with Crippen LogP contribution >= 0.6 is 0 Å². The SMILES string of the molecule is CCCN1CCC(C#N)(NC(=O)C(CC(C)(C)C)Nc2ncc3cc(NS(C)(=O)=O)ccn23)CC1. The van der Waals surface area contributed by atoms with Gasteiger partial charge in [-0.3, -0.25) is 13.9 Å². The van der Waals surface area contributed by atoms with Gasteiger partial charge in [-0.2, -0.15) is 5.26 Å². The lowest BCUT2D eigenvalue weighted by atomic mass is 9.85. The van der Waals surface area contributed by atoms with E-state index in [9.17, 15) is 18.5 Å². The lowest BCUT2D eigenvalue weighted by Gasteiger charge is -2.38. The number of pyridine rings is 1. The van der Waals surface area contributed by atoms with Crippen LogP contribution in [0.1, 0.15) is 53.4 Å². The third-order valence-electron chi connectivity index (χ3n) is 6.10. The molecule has 2 aromatic heterocycles. The van der Waals surface area contributed by atoms with Crippen LogP contribution in [0.15, 0.2) is 24.5 Å². The molecule has 1 unspecified atom stereocenters. The van der Waals surface area contributed by atoms with Crippen LogP contribution in [0.5, 0.6) is 0 Å². The fourth-order valence-electron chi connectivity index (χ4n) is 4.42. The predicted octanol–water partition coefficient (Wildman–Crippen LogP) is 2.81. The number of carbonyl (C=O) groups excluding carboxylic acids is 1. The zero-order valence-electron chi connectivity index (χ0n) is 21.3. The molecule has 3 N–H and O–H groups in total. The van der Waals surface area contributed by atoms with E-state index >= 15 is 0 Å². The van der Waals surface area contributed by atoms with Crippen molar-refractivity contribution in [3.63, 3.8) is 0 Å². The van der Waals surface area contributed by atoms with Crippen molar-refractivity contribution >= 4 is 33.1 Å². The molecule has 1 fully saturated rings. The van der Waals surface area contributed by atoms with Crippen LogP contribution in [0.3, 0.4) is 0 Å². The number of hydrogen-bond acceptors (Lipinski definition) is 7. The van der Waals surface area contributed by atoms with Crippen molar-refractivity contribution in [1.82, 2.24) is 19.6 Å². The fourth-order valence-corrected chi connectivity index (χ4v) is 4.98. The van der Waals surface area contributed by atoms with Gasteiger partial charge in [0.1, 0.15) is 11.6 Å². The summed E-state index contributed by atoms with van der Waals surface area (Å²) in [5.74, 6) is 0.247. The Morgan fingerprint density at radius 1 is 1.31 bits per heavy atom. The largest absolute Gasteiger partial charge is 0.344 e. The maximum Gasteiger partial charge on any atom is 0.243 e. The van der Waals surface area contributed by atoms with E-state index in [1.807, 2.05) is 0 Å². The van der Waals surface area contributed by atoms with Crippen molar-refractivity contribution in [2.24, 2.45) is 5.41 Å². The Hall–Kier alpha value is -2.84. The molecular formula is C24H37N7O3S. The lowest BCUT2D eigenvalue weighted by Crippen LogP contribution is -2.57. The standard InChI is InChI=1S/C24H37N7O3S/c1-6-10-30-12-8-24(17-25,9-13-30)28-21(32)20(15-23(2,3)4)27-22-26-16-19-14-18(7-11-31(19)22)29-35(5,33)34/h7,11,14,16,20,29H,6,8-10,12-13,15H2,1-5H3,(H,26,27)(H,28,32). The number of amides is 1. The van der Waals surface area contributed by atoms with Crippen molar-refractivity contribution in [3.05, 3.63) is 24.5 Å². The quantitative estimate of drug-likeness (QED) is 0.479. The molecule has 3 heterocycles. The zero-order valence-corrected chi connectivity index (χ0v) is 22.1. The molecule has 0 spiro atoms. The topological polar surface area (TPSA) is 132 Å². The Kier molecular flexibility index (Phi) is 7.97. The highest BCUT2D eigenvalue weighted by Crippen LogP contribution is 2.26. The van der Waals surface area contributed by atoms with Crippen LogP contribution in [0, 0.1) is 16.7 Å². The zero-order chi connectivity index (χ0) is 25.9. The van der Waals surface area contributed by atoms with E-state index in [1.54, 1.807) is 28.9 Å². The van der Waals surface area contributed by atoms with Gasteiger partial charge in [0.2, 0.25) is 21.9 Å². The minimum atomic E-state index is -3.40. The van der Waals surface area contributed by atoms with Gasteiger partial charge in [0, 0.05) is 19.3 Å². The molecule has 0 aliphatic carbocycles. The summed E-state index contributed by atoms with van der Waals surface area (Å²) >= 11 is 0. The molecule has 35 heavy (non-hydrogen) atoms. The van der Waals surface area contributed by atoms with Gasteiger partial charge in [-0.1, -0.05) is 27.7 Å². The fraction of sp³-hybridized carbons (Fsp3) is 0.625. The van der Waals surface area contributed by atoms with Crippen LogP contribution in [0.4, 0.5) is 11.6 Å². The molecule has 0 saturated carbocycles. The highest BCUT2D eigenvalue weighted by molar-refractivity contribution is 7.92. The highest BCUT2D eigenvalue weighted by atomic mass is 32.2. The van der Waals surface area contributed by atoms with E-state index in [4.69, 9.17) is 0 Å². The summed E-state index contributed by atoms with van der Waals surface area (Å²) in [5, 5.41) is 16.3. The summed E-state index contributed by atoms with van der Waals surface area (Å²) < 4.78 is 27.3. The highest BCUT2D eigenvalue weighted by Gasteiger charge is 2.38. The maximum absolute atomic E-state index is 13.5. The van der Waals surface area contributed by atoms with Gasteiger partial charge in [0.25, 0.3) is 0 Å². The summed E-state index contributed by atoms with van der Waals surface area (Å²) in [5.41, 5.74) is 0.0764. The minimum absolute atomic E-state index is 0.154. The first-order valence-electron chi connectivity index (χ1n) is 12.0. The van der Waals surface area contributed by atoms with Crippen LogP contribution in [0.2, 0.25) is 0 Å². The van der Waals surface area contributed by atoms with Gasteiger partial charge in [-0.15, -0.1) is 0 Å². The second kappa shape index (κ2) is 10.4. The summed E-state index contributed by atoms with van der Waals surface area (Å²) in [6, 6.07) is 5.08. The van der Waals surface area contributed by atoms with Crippen molar-refractivity contribution in [3.8, 4) is 6.07 Å². The molecule has 2 aromatic rings. The summed E-state index contributed by atoms with van der Waals surface area (Å²) in [6.45, 7) is 10.9. The number of anilines is 2.